The lowest BCUT2D eigenvalue weighted by Gasteiger charge is -2.21. The van der Waals surface area contributed by atoms with E-state index in [1.165, 1.54) is 24.6 Å². The summed E-state index contributed by atoms with van der Waals surface area (Å²) in [6.07, 6.45) is 13.3. The molecule has 0 bridgehead atoms. The zero-order chi connectivity index (χ0) is 16.5. The molecular formula is C18H27N3OS. The molecule has 0 aromatic carbocycles. The van der Waals surface area contributed by atoms with Crippen LogP contribution in [0.15, 0.2) is 40.4 Å². The average molecular weight is 334 g/mol. The molecule has 0 radical (unpaired) electrons. The van der Waals surface area contributed by atoms with Crippen LogP contribution in [0.4, 0.5) is 0 Å². The third-order valence-electron chi connectivity index (χ3n) is 4.09. The summed E-state index contributed by atoms with van der Waals surface area (Å²) in [5, 5.41) is 0. The molecule has 1 aliphatic carbocycles. The molecular weight excluding hydrogens is 306 g/mol. The molecule has 2 rings (SSSR count). The molecule has 4 nitrogen and oxygen atoms in total. The van der Waals surface area contributed by atoms with Crippen LogP contribution in [-0.2, 0) is 4.79 Å². The predicted molar refractivity (Wildman–Crippen MR) is 99.8 cm³/mol. The minimum Gasteiger partial charge on any atom is -0.341 e. The first-order valence-corrected chi connectivity index (χ1v) is 9.33. The normalized spacial score (nSPS) is 21.1. The van der Waals surface area contributed by atoms with Gasteiger partial charge in [0.2, 0.25) is 5.91 Å². The zero-order valence-corrected chi connectivity index (χ0v) is 14.8. The van der Waals surface area contributed by atoms with Crippen LogP contribution in [0.3, 0.4) is 0 Å². The molecule has 1 saturated heterocycles. The van der Waals surface area contributed by atoms with Crippen molar-refractivity contribution in [2.45, 2.75) is 32.2 Å². The molecule has 5 heteroatoms. The molecule has 1 saturated carbocycles. The van der Waals surface area contributed by atoms with Crippen LogP contribution >= 0.6 is 11.8 Å². The predicted octanol–water partition coefficient (Wildman–Crippen LogP) is 3.09. The Bertz CT molecular complexity index is 494. The maximum absolute atomic E-state index is 12.5. The molecule has 2 fully saturated rings. The molecule has 1 amide bonds. The number of thioether (sulfide) groups is 1. The highest BCUT2D eigenvalue weighted by Gasteiger charge is 2.30. The lowest BCUT2D eigenvalue weighted by Crippen LogP contribution is -2.36. The highest BCUT2D eigenvalue weighted by atomic mass is 32.2. The van der Waals surface area contributed by atoms with Gasteiger partial charge < -0.3 is 4.90 Å². The molecule has 0 aromatic heterocycles. The largest absolute Gasteiger partial charge is 0.341 e. The Morgan fingerprint density at radius 2 is 2.09 bits per heavy atom. The molecule has 0 aromatic rings. The summed E-state index contributed by atoms with van der Waals surface area (Å²) in [6.45, 7) is 9.38. The summed E-state index contributed by atoms with van der Waals surface area (Å²) in [6, 6.07) is 0.796. The van der Waals surface area contributed by atoms with E-state index in [1.54, 1.807) is 6.20 Å². The summed E-state index contributed by atoms with van der Waals surface area (Å²) < 4.78 is 0. The Hall–Kier alpha value is -1.33. The Kier molecular flexibility index (Phi) is 7.62. The third kappa shape index (κ3) is 6.36. The first kappa shape index (κ1) is 18.0. The van der Waals surface area contributed by atoms with E-state index in [0.717, 1.165) is 43.5 Å². The van der Waals surface area contributed by atoms with Gasteiger partial charge in [-0.25, -0.2) is 0 Å². The van der Waals surface area contributed by atoms with E-state index < -0.39 is 0 Å². The smallest absolute Gasteiger partial charge is 0.232 e. The summed E-state index contributed by atoms with van der Waals surface area (Å²) in [7, 11) is 0. The van der Waals surface area contributed by atoms with Crippen LogP contribution in [0.2, 0.25) is 0 Å². The van der Waals surface area contributed by atoms with E-state index in [4.69, 9.17) is 0 Å². The maximum Gasteiger partial charge on any atom is 0.232 e. The topological polar surface area (TPSA) is 35.9 Å². The summed E-state index contributed by atoms with van der Waals surface area (Å²) in [4.78, 5) is 21.8. The second-order valence-corrected chi connectivity index (χ2v) is 6.94. The third-order valence-corrected chi connectivity index (χ3v) is 5.06. The highest BCUT2D eigenvalue weighted by Crippen LogP contribution is 2.27. The van der Waals surface area contributed by atoms with Crippen LogP contribution in [0, 0.1) is 0 Å². The number of rotatable bonds is 7. The second kappa shape index (κ2) is 9.73. The van der Waals surface area contributed by atoms with Crippen molar-refractivity contribution in [2.24, 2.45) is 4.99 Å². The first-order valence-electron chi connectivity index (χ1n) is 8.34. The molecule has 23 heavy (non-hydrogen) atoms. The van der Waals surface area contributed by atoms with Gasteiger partial charge >= 0.3 is 0 Å². The van der Waals surface area contributed by atoms with E-state index in [2.05, 4.69) is 16.6 Å². The molecule has 126 valence electrons. The molecule has 0 atom stereocenters. The Morgan fingerprint density at radius 1 is 1.26 bits per heavy atom. The fourth-order valence-electron chi connectivity index (χ4n) is 2.71. The van der Waals surface area contributed by atoms with Gasteiger partial charge in [0.1, 0.15) is 0 Å². The van der Waals surface area contributed by atoms with Gasteiger partial charge in [-0.05, 0) is 39.0 Å². The SMILES string of the molecule is C=N/C=C(/C=C\C=C/C)SCC(=O)N1CCCN(C2CC2)CC1. The number of amides is 1. The Balaban J connectivity index is 1.80. The van der Waals surface area contributed by atoms with Crippen molar-refractivity contribution in [2.75, 3.05) is 31.9 Å². The van der Waals surface area contributed by atoms with Crippen molar-refractivity contribution in [1.29, 1.82) is 0 Å². The van der Waals surface area contributed by atoms with Crippen molar-refractivity contribution >= 4 is 24.4 Å². The Labute approximate surface area is 144 Å². The second-order valence-electron chi connectivity index (χ2n) is 5.89. The van der Waals surface area contributed by atoms with E-state index >= 15 is 0 Å². The van der Waals surface area contributed by atoms with Gasteiger partial charge in [-0.1, -0.05) is 18.2 Å². The fourth-order valence-corrected chi connectivity index (χ4v) is 3.50. The van der Waals surface area contributed by atoms with Gasteiger partial charge in [0, 0.05) is 43.3 Å². The number of nitrogens with zero attached hydrogens (tertiary/aromatic N) is 3. The van der Waals surface area contributed by atoms with Crippen LogP contribution in [-0.4, -0.2) is 60.4 Å². The molecule has 1 heterocycles. The lowest BCUT2D eigenvalue weighted by atomic mass is 10.4. The summed E-state index contributed by atoms with van der Waals surface area (Å²) in [5.41, 5.74) is 0. The highest BCUT2D eigenvalue weighted by molar-refractivity contribution is 8.03. The van der Waals surface area contributed by atoms with Gasteiger partial charge in [0.05, 0.1) is 5.75 Å². The minimum absolute atomic E-state index is 0.224. The van der Waals surface area contributed by atoms with Crippen molar-refractivity contribution in [3.63, 3.8) is 0 Å². The van der Waals surface area contributed by atoms with Gasteiger partial charge in [0.25, 0.3) is 0 Å². The fraction of sp³-hybridized carbons (Fsp3) is 0.556. The van der Waals surface area contributed by atoms with E-state index in [1.807, 2.05) is 36.1 Å². The number of hydrogen-bond acceptors (Lipinski definition) is 4. The summed E-state index contributed by atoms with van der Waals surface area (Å²) >= 11 is 1.53. The average Bonchev–Trinajstić information content (AvgIpc) is 3.37. The maximum atomic E-state index is 12.5. The van der Waals surface area contributed by atoms with Gasteiger partial charge in [-0.3, -0.25) is 14.7 Å². The molecule has 0 N–H and O–H groups in total. The van der Waals surface area contributed by atoms with Crippen molar-refractivity contribution in [1.82, 2.24) is 9.80 Å². The number of aliphatic imine (C=N–C) groups is 1. The summed E-state index contributed by atoms with van der Waals surface area (Å²) in [5.74, 6) is 0.687. The van der Waals surface area contributed by atoms with Crippen molar-refractivity contribution < 1.29 is 4.79 Å². The lowest BCUT2D eigenvalue weighted by molar-refractivity contribution is -0.128. The van der Waals surface area contributed by atoms with E-state index in [0.29, 0.717) is 5.75 Å². The number of hydrogen-bond donors (Lipinski definition) is 0. The van der Waals surface area contributed by atoms with Crippen LogP contribution < -0.4 is 0 Å². The number of allylic oxidation sites excluding steroid dienone is 4. The minimum atomic E-state index is 0.224. The van der Waals surface area contributed by atoms with Crippen LogP contribution in [0.1, 0.15) is 26.2 Å². The quantitative estimate of drug-likeness (QED) is 0.530. The Morgan fingerprint density at radius 3 is 2.78 bits per heavy atom. The van der Waals surface area contributed by atoms with E-state index in [-0.39, 0.29) is 5.91 Å². The standard InChI is InChI=1S/C18H27N3OS/c1-3-4-5-7-17(14-19-2)23-15-18(22)21-11-6-10-20(12-13-21)16-8-9-16/h3-5,7,14,16H,2,6,8-13,15H2,1H3/b4-3-,7-5-,17-14-. The van der Waals surface area contributed by atoms with E-state index in [9.17, 15) is 4.79 Å². The number of carbonyl (C=O) groups excluding carboxylic acids is 1. The zero-order valence-electron chi connectivity index (χ0n) is 14.0. The monoisotopic (exact) mass is 333 g/mol. The van der Waals surface area contributed by atoms with Crippen molar-refractivity contribution in [3.8, 4) is 0 Å². The van der Waals surface area contributed by atoms with Crippen LogP contribution in [0.25, 0.3) is 0 Å². The van der Waals surface area contributed by atoms with Gasteiger partial charge in [-0.15, -0.1) is 11.8 Å². The molecule has 1 aliphatic heterocycles. The number of carbonyl (C=O) groups is 1. The van der Waals surface area contributed by atoms with Gasteiger partial charge in [0.15, 0.2) is 0 Å². The van der Waals surface area contributed by atoms with Crippen molar-refractivity contribution in [3.05, 3.63) is 35.4 Å². The molecule has 0 unspecified atom stereocenters. The van der Waals surface area contributed by atoms with Gasteiger partial charge in [-0.2, -0.15) is 0 Å². The van der Waals surface area contributed by atoms with Crippen LogP contribution in [0.5, 0.6) is 0 Å². The first-order chi connectivity index (χ1) is 11.2. The molecule has 2 aliphatic rings. The molecule has 0 spiro atoms.